The molecule has 0 unspecified atom stereocenters. The lowest BCUT2D eigenvalue weighted by Gasteiger charge is -2.30. The maximum absolute atomic E-state index is 13.0. The predicted molar refractivity (Wildman–Crippen MR) is 119 cm³/mol. The van der Waals surface area contributed by atoms with Gasteiger partial charge >= 0.3 is 0 Å². The Balaban J connectivity index is 1.37. The number of halogens is 1. The summed E-state index contributed by atoms with van der Waals surface area (Å²) in [6, 6.07) is 8.41. The number of sulfonamides is 2. The first-order valence-corrected chi connectivity index (χ1v) is 13.5. The molecule has 4 rings (SSSR count). The smallest absolute Gasteiger partial charge is 0.243 e. The zero-order chi connectivity index (χ0) is 22.9. The number of nitrogens with one attached hydrogen (secondary N) is 2. The van der Waals surface area contributed by atoms with Gasteiger partial charge in [0.2, 0.25) is 26.0 Å². The van der Waals surface area contributed by atoms with E-state index in [-0.39, 0.29) is 40.7 Å². The highest BCUT2D eigenvalue weighted by Gasteiger charge is 2.33. The fraction of sp³-hybridized carbons (Fsp3) is 0.400. The van der Waals surface area contributed by atoms with E-state index in [2.05, 4.69) is 15.0 Å². The Morgan fingerprint density at radius 2 is 1.56 bits per heavy atom. The van der Waals surface area contributed by atoms with Crippen molar-refractivity contribution in [3.8, 4) is 0 Å². The van der Waals surface area contributed by atoms with Crippen molar-refractivity contribution in [1.29, 1.82) is 0 Å². The summed E-state index contributed by atoms with van der Waals surface area (Å²) in [5, 5.41) is 3.19. The van der Waals surface area contributed by atoms with Crippen LogP contribution in [-0.2, 0) is 24.8 Å². The number of hydrogen-bond acceptors (Lipinski definition) is 6. The second-order valence-corrected chi connectivity index (χ2v) is 12.0. The molecule has 1 saturated heterocycles. The number of carbonyl (C=O) groups is 1. The molecule has 32 heavy (non-hydrogen) atoms. The van der Waals surface area contributed by atoms with Gasteiger partial charge in [0.15, 0.2) is 0 Å². The molecule has 1 aliphatic heterocycles. The number of pyridine rings is 1. The van der Waals surface area contributed by atoms with Crippen molar-refractivity contribution in [2.75, 3.05) is 18.4 Å². The Morgan fingerprint density at radius 1 is 0.938 bits per heavy atom. The maximum atomic E-state index is 13.0. The van der Waals surface area contributed by atoms with Crippen LogP contribution in [0.2, 0.25) is 5.02 Å². The number of anilines is 1. The van der Waals surface area contributed by atoms with Crippen LogP contribution in [0.5, 0.6) is 0 Å². The average Bonchev–Trinajstić information content (AvgIpc) is 3.59. The summed E-state index contributed by atoms with van der Waals surface area (Å²) in [7, 11) is -7.43. The number of aromatic nitrogens is 1. The van der Waals surface area contributed by atoms with Crippen LogP contribution in [-0.4, -0.2) is 51.2 Å². The average molecular weight is 499 g/mol. The molecule has 2 fully saturated rings. The molecule has 0 bridgehead atoms. The Kier molecular flexibility index (Phi) is 6.55. The number of rotatable bonds is 7. The lowest BCUT2D eigenvalue weighted by Crippen LogP contribution is -2.41. The van der Waals surface area contributed by atoms with Crippen LogP contribution in [0.1, 0.15) is 25.7 Å². The van der Waals surface area contributed by atoms with Crippen LogP contribution < -0.4 is 10.0 Å². The van der Waals surface area contributed by atoms with Gasteiger partial charge in [-0.1, -0.05) is 11.6 Å². The lowest BCUT2D eigenvalue weighted by atomic mass is 9.97. The molecule has 0 radical (unpaired) electrons. The Morgan fingerprint density at radius 3 is 2.12 bits per heavy atom. The Hall–Kier alpha value is -2.05. The molecule has 0 atom stereocenters. The van der Waals surface area contributed by atoms with Gasteiger partial charge in [0.05, 0.1) is 14.8 Å². The third-order valence-corrected chi connectivity index (χ3v) is 9.15. The topological polar surface area (TPSA) is 126 Å². The number of amides is 1. The number of carbonyl (C=O) groups excluding carboxylic acids is 1. The fourth-order valence-electron chi connectivity index (χ4n) is 3.46. The van der Waals surface area contributed by atoms with E-state index >= 15 is 0 Å². The standard InChI is InChI=1S/C20H23ClN4O5S2/c21-15-1-8-19(22-13-15)23-20(26)14-9-11-25(12-10-14)32(29,30)18-6-4-17(5-7-18)31(27,28)24-16-2-3-16/h1,4-8,13-14,16,24H,2-3,9-12H2,(H,22,23,26). The van der Waals surface area contributed by atoms with Crippen LogP contribution >= 0.6 is 11.6 Å². The van der Waals surface area contributed by atoms with Gasteiger partial charge in [0, 0.05) is 31.2 Å². The fourth-order valence-corrected chi connectivity index (χ4v) is 6.35. The molecule has 1 aromatic carbocycles. The molecule has 1 aromatic heterocycles. The third kappa shape index (κ3) is 5.29. The normalized spacial score (nSPS) is 18.4. The van der Waals surface area contributed by atoms with Crippen molar-refractivity contribution in [3.05, 3.63) is 47.6 Å². The van der Waals surface area contributed by atoms with Crippen LogP contribution in [0.25, 0.3) is 0 Å². The summed E-state index contributed by atoms with van der Waals surface area (Å²) in [4.78, 5) is 16.6. The SMILES string of the molecule is O=C(Nc1ccc(Cl)cn1)C1CCN(S(=O)(=O)c2ccc(S(=O)(=O)NC3CC3)cc2)CC1. The minimum Gasteiger partial charge on any atom is -0.310 e. The van der Waals surface area contributed by atoms with Gasteiger partial charge in [-0.05, 0) is 62.1 Å². The molecule has 12 heteroatoms. The molecular formula is C20H23ClN4O5S2. The number of piperidine rings is 1. The summed E-state index contributed by atoms with van der Waals surface area (Å²) < 4.78 is 54.4. The summed E-state index contributed by atoms with van der Waals surface area (Å²) >= 11 is 5.79. The van der Waals surface area contributed by atoms with E-state index in [1.165, 1.54) is 34.8 Å². The largest absolute Gasteiger partial charge is 0.310 e. The van der Waals surface area contributed by atoms with Gasteiger partial charge in [-0.15, -0.1) is 0 Å². The minimum absolute atomic E-state index is 0.0242. The molecule has 2 heterocycles. The first-order valence-electron chi connectivity index (χ1n) is 10.2. The van der Waals surface area contributed by atoms with E-state index in [0.717, 1.165) is 12.8 Å². The Bertz CT molecular complexity index is 1190. The molecule has 1 aliphatic carbocycles. The van der Waals surface area contributed by atoms with Crippen LogP contribution in [0.15, 0.2) is 52.4 Å². The molecule has 0 spiro atoms. The molecule has 1 saturated carbocycles. The second kappa shape index (κ2) is 9.06. The first-order chi connectivity index (χ1) is 15.1. The number of hydrogen-bond donors (Lipinski definition) is 2. The lowest BCUT2D eigenvalue weighted by molar-refractivity contribution is -0.120. The van der Waals surface area contributed by atoms with Gasteiger partial charge in [-0.25, -0.2) is 26.5 Å². The third-order valence-electron chi connectivity index (χ3n) is 5.47. The van der Waals surface area contributed by atoms with Crippen LogP contribution in [0.3, 0.4) is 0 Å². The molecule has 2 aliphatic rings. The first kappa shape index (κ1) is 23.1. The molecule has 1 amide bonds. The summed E-state index contributed by atoms with van der Waals surface area (Å²) in [6.07, 6.45) is 3.81. The van der Waals surface area contributed by atoms with Crippen molar-refractivity contribution in [3.63, 3.8) is 0 Å². The number of benzene rings is 1. The number of nitrogens with zero attached hydrogens (tertiary/aromatic N) is 2. The quantitative estimate of drug-likeness (QED) is 0.602. The summed E-state index contributed by atoms with van der Waals surface area (Å²) in [5.74, 6) is -0.157. The molecule has 9 nitrogen and oxygen atoms in total. The Labute approximate surface area is 192 Å². The van der Waals surface area contributed by atoms with Crippen molar-refractivity contribution in [2.24, 2.45) is 5.92 Å². The maximum Gasteiger partial charge on any atom is 0.243 e. The molecular weight excluding hydrogens is 476 g/mol. The zero-order valence-corrected chi connectivity index (χ0v) is 19.5. The predicted octanol–water partition coefficient (Wildman–Crippen LogP) is 2.22. The highest BCUT2D eigenvalue weighted by molar-refractivity contribution is 7.89. The van der Waals surface area contributed by atoms with E-state index in [4.69, 9.17) is 11.6 Å². The van der Waals surface area contributed by atoms with Gasteiger partial charge in [0.1, 0.15) is 5.82 Å². The second-order valence-electron chi connectivity index (χ2n) is 7.90. The van der Waals surface area contributed by atoms with Crippen molar-refractivity contribution < 1.29 is 21.6 Å². The monoisotopic (exact) mass is 498 g/mol. The van der Waals surface area contributed by atoms with Gasteiger partial charge in [0.25, 0.3) is 0 Å². The van der Waals surface area contributed by atoms with Gasteiger partial charge in [-0.2, -0.15) is 4.31 Å². The van der Waals surface area contributed by atoms with Crippen LogP contribution in [0, 0.1) is 5.92 Å². The van der Waals surface area contributed by atoms with E-state index in [1.54, 1.807) is 12.1 Å². The van der Waals surface area contributed by atoms with Crippen molar-refractivity contribution >= 4 is 43.4 Å². The van der Waals surface area contributed by atoms with Gasteiger partial charge in [-0.3, -0.25) is 4.79 Å². The zero-order valence-electron chi connectivity index (χ0n) is 17.1. The van der Waals surface area contributed by atoms with Gasteiger partial charge < -0.3 is 5.32 Å². The van der Waals surface area contributed by atoms with E-state index < -0.39 is 20.0 Å². The summed E-state index contributed by atoms with van der Waals surface area (Å²) in [5.41, 5.74) is 0. The molecule has 2 N–H and O–H groups in total. The van der Waals surface area contributed by atoms with Crippen molar-refractivity contribution in [2.45, 2.75) is 41.5 Å². The van der Waals surface area contributed by atoms with Crippen LogP contribution in [0.4, 0.5) is 5.82 Å². The highest BCUT2D eigenvalue weighted by atomic mass is 35.5. The molecule has 2 aromatic rings. The van der Waals surface area contributed by atoms with Crippen molar-refractivity contribution in [1.82, 2.24) is 14.0 Å². The highest BCUT2D eigenvalue weighted by Crippen LogP contribution is 2.26. The minimum atomic E-state index is -3.79. The molecule has 172 valence electrons. The van der Waals surface area contributed by atoms with E-state index in [9.17, 15) is 21.6 Å². The summed E-state index contributed by atoms with van der Waals surface area (Å²) in [6.45, 7) is 0.384. The van der Waals surface area contributed by atoms with E-state index in [0.29, 0.717) is 23.7 Å². The van der Waals surface area contributed by atoms with E-state index in [1.807, 2.05) is 0 Å².